The first-order valence-corrected chi connectivity index (χ1v) is 9.60. The summed E-state index contributed by atoms with van der Waals surface area (Å²) in [5.41, 5.74) is 4.01. The maximum absolute atomic E-state index is 13.2. The number of carbonyl (C=O) groups excluding carboxylic acids is 1. The number of hydrogen-bond donors (Lipinski definition) is 1. The Morgan fingerprint density at radius 3 is 2.46 bits per heavy atom. The number of benzene rings is 2. The van der Waals surface area contributed by atoms with E-state index in [1.54, 1.807) is 4.90 Å². The lowest BCUT2D eigenvalue weighted by Crippen LogP contribution is -2.33. The Balaban J connectivity index is 1.88. The molecule has 1 N–H and O–H groups in total. The summed E-state index contributed by atoms with van der Waals surface area (Å²) in [6, 6.07) is 17.4. The predicted molar refractivity (Wildman–Crippen MR) is 111 cm³/mol. The van der Waals surface area contributed by atoms with Crippen LogP contribution in [0.4, 0.5) is 0 Å². The number of carbonyl (C=O) groups is 1. The molecule has 0 radical (unpaired) electrons. The molecule has 0 fully saturated rings. The molecule has 1 aromatic heterocycles. The van der Waals surface area contributed by atoms with Gasteiger partial charge in [0.1, 0.15) is 0 Å². The van der Waals surface area contributed by atoms with Crippen LogP contribution in [0.1, 0.15) is 32.9 Å². The van der Waals surface area contributed by atoms with Gasteiger partial charge in [0.25, 0.3) is 5.91 Å². The van der Waals surface area contributed by atoms with E-state index in [0.29, 0.717) is 29.4 Å². The zero-order chi connectivity index (χ0) is 20.1. The number of aliphatic hydroxyl groups excluding tert-OH is 1. The topological polar surface area (TPSA) is 58.4 Å². The van der Waals surface area contributed by atoms with Crippen molar-refractivity contribution in [1.82, 2.24) is 14.7 Å². The van der Waals surface area contributed by atoms with Gasteiger partial charge in [-0.05, 0) is 31.0 Å². The second kappa shape index (κ2) is 9.04. The SMILES string of the molecule is Cc1nn(Cc2ccccc2Cl)c(C)c1C(=O)N(CCO)Cc1ccccc1. The molecule has 1 heterocycles. The Morgan fingerprint density at radius 2 is 1.79 bits per heavy atom. The summed E-state index contributed by atoms with van der Waals surface area (Å²) >= 11 is 6.27. The lowest BCUT2D eigenvalue weighted by molar-refractivity contribution is 0.0706. The zero-order valence-corrected chi connectivity index (χ0v) is 16.9. The Bertz CT molecular complexity index is 954. The van der Waals surface area contributed by atoms with Crippen molar-refractivity contribution in [3.8, 4) is 0 Å². The number of halogens is 1. The first kappa shape index (κ1) is 20.1. The lowest BCUT2D eigenvalue weighted by Gasteiger charge is -2.22. The normalized spacial score (nSPS) is 10.9. The van der Waals surface area contributed by atoms with Crippen LogP contribution >= 0.6 is 11.6 Å². The second-order valence-corrected chi connectivity index (χ2v) is 7.14. The molecule has 0 saturated carbocycles. The van der Waals surface area contributed by atoms with E-state index in [1.807, 2.05) is 73.1 Å². The quantitative estimate of drug-likeness (QED) is 0.659. The van der Waals surface area contributed by atoms with Crippen LogP contribution in [0, 0.1) is 13.8 Å². The smallest absolute Gasteiger partial charge is 0.257 e. The van der Waals surface area contributed by atoms with Gasteiger partial charge in [0.05, 0.1) is 24.4 Å². The monoisotopic (exact) mass is 397 g/mol. The van der Waals surface area contributed by atoms with E-state index in [2.05, 4.69) is 5.10 Å². The highest BCUT2D eigenvalue weighted by molar-refractivity contribution is 6.31. The Labute approximate surface area is 170 Å². The minimum absolute atomic E-state index is 0.0928. The summed E-state index contributed by atoms with van der Waals surface area (Å²) in [7, 11) is 0. The molecule has 0 atom stereocenters. The van der Waals surface area contributed by atoms with E-state index in [0.717, 1.165) is 16.8 Å². The molecular formula is C22H24ClN3O2. The van der Waals surface area contributed by atoms with Crippen molar-refractivity contribution in [2.24, 2.45) is 0 Å². The lowest BCUT2D eigenvalue weighted by atomic mass is 10.1. The zero-order valence-electron chi connectivity index (χ0n) is 16.1. The molecule has 3 rings (SSSR count). The number of hydrogen-bond acceptors (Lipinski definition) is 3. The summed E-state index contributed by atoms with van der Waals surface area (Å²) < 4.78 is 1.81. The molecule has 0 bridgehead atoms. The predicted octanol–water partition coefficient (Wildman–Crippen LogP) is 3.84. The van der Waals surface area contributed by atoms with E-state index in [1.165, 1.54) is 0 Å². The van der Waals surface area contributed by atoms with E-state index in [4.69, 9.17) is 11.6 Å². The van der Waals surface area contributed by atoms with E-state index < -0.39 is 0 Å². The molecule has 0 spiro atoms. The second-order valence-electron chi connectivity index (χ2n) is 6.73. The van der Waals surface area contributed by atoms with E-state index >= 15 is 0 Å². The fourth-order valence-electron chi connectivity index (χ4n) is 3.28. The van der Waals surface area contributed by atoms with E-state index in [9.17, 15) is 9.90 Å². The van der Waals surface area contributed by atoms with Gasteiger partial charge in [0.15, 0.2) is 0 Å². The van der Waals surface area contributed by atoms with Gasteiger partial charge in [0.2, 0.25) is 0 Å². The molecular weight excluding hydrogens is 374 g/mol. The average molecular weight is 398 g/mol. The molecule has 28 heavy (non-hydrogen) atoms. The van der Waals surface area contributed by atoms with E-state index in [-0.39, 0.29) is 19.1 Å². The summed E-state index contributed by atoms with van der Waals surface area (Å²) in [5, 5.41) is 14.7. The first-order valence-electron chi connectivity index (χ1n) is 9.22. The molecule has 0 unspecified atom stereocenters. The van der Waals surface area contributed by atoms with Crippen molar-refractivity contribution in [2.45, 2.75) is 26.9 Å². The number of aromatic nitrogens is 2. The van der Waals surface area contributed by atoms with Crippen molar-refractivity contribution >= 4 is 17.5 Å². The molecule has 6 heteroatoms. The van der Waals surface area contributed by atoms with Gasteiger partial charge in [-0.1, -0.05) is 60.1 Å². The van der Waals surface area contributed by atoms with Crippen molar-refractivity contribution < 1.29 is 9.90 Å². The standard InChI is InChI=1S/C22H24ClN3O2/c1-16-21(17(2)26(24-16)15-19-10-6-7-11-20(19)23)22(28)25(12-13-27)14-18-8-4-3-5-9-18/h3-11,27H,12-15H2,1-2H3. The number of amides is 1. The van der Waals surface area contributed by atoms with Crippen LogP contribution in [0.15, 0.2) is 54.6 Å². The summed E-state index contributed by atoms with van der Waals surface area (Å²) in [4.78, 5) is 14.9. The largest absolute Gasteiger partial charge is 0.395 e. The van der Waals surface area contributed by atoms with Crippen LogP contribution in [0.2, 0.25) is 5.02 Å². The summed E-state index contributed by atoms with van der Waals surface area (Å²) in [6.07, 6.45) is 0. The Morgan fingerprint density at radius 1 is 1.11 bits per heavy atom. The minimum atomic E-state index is -0.127. The fraction of sp³-hybridized carbons (Fsp3) is 0.273. The maximum atomic E-state index is 13.2. The number of nitrogens with zero attached hydrogens (tertiary/aromatic N) is 3. The molecule has 2 aromatic carbocycles. The molecule has 1 amide bonds. The van der Waals surface area contributed by atoms with Crippen LogP contribution in [-0.2, 0) is 13.1 Å². The fourth-order valence-corrected chi connectivity index (χ4v) is 3.48. The van der Waals surface area contributed by atoms with Crippen molar-refractivity contribution in [1.29, 1.82) is 0 Å². The number of rotatable bonds is 7. The molecule has 0 aliphatic carbocycles. The van der Waals surface area contributed by atoms with Gasteiger partial charge in [-0.15, -0.1) is 0 Å². The Kier molecular flexibility index (Phi) is 6.49. The van der Waals surface area contributed by atoms with Gasteiger partial charge in [-0.2, -0.15) is 5.10 Å². The number of aryl methyl sites for hydroxylation is 1. The molecule has 0 saturated heterocycles. The molecule has 5 nitrogen and oxygen atoms in total. The van der Waals surface area contributed by atoms with Crippen LogP contribution in [0.3, 0.4) is 0 Å². The third-order valence-corrected chi connectivity index (χ3v) is 5.12. The minimum Gasteiger partial charge on any atom is -0.395 e. The van der Waals surface area contributed by atoms with Crippen molar-refractivity contribution in [2.75, 3.05) is 13.2 Å². The van der Waals surface area contributed by atoms with Gasteiger partial charge in [-0.3, -0.25) is 9.48 Å². The molecule has 146 valence electrons. The average Bonchev–Trinajstić information content (AvgIpc) is 2.97. The van der Waals surface area contributed by atoms with Crippen LogP contribution in [-0.4, -0.2) is 38.8 Å². The summed E-state index contributed by atoms with van der Waals surface area (Å²) in [5.74, 6) is -0.127. The molecule has 3 aromatic rings. The van der Waals surface area contributed by atoms with Crippen LogP contribution < -0.4 is 0 Å². The molecule has 0 aliphatic heterocycles. The van der Waals surface area contributed by atoms with Gasteiger partial charge >= 0.3 is 0 Å². The van der Waals surface area contributed by atoms with Gasteiger partial charge in [-0.25, -0.2) is 0 Å². The first-order chi connectivity index (χ1) is 13.5. The van der Waals surface area contributed by atoms with Gasteiger partial charge < -0.3 is 10.0 Å². The highest BCUT2D eigenvalue weighted by Crippen LogP contribution is 2.21. The van der Waals surface area contributed by atoms with Crippen molar-refractivity contribution in [3.05, 3.63) is 87.7 Å². The highest BCUT2D eigenvalue weighted by atomic mass is 35.5. The Hall–Kier alpha value is -2.63. The van der Waals surface area contributed by atoms with Crippen molar-refractivity contribution in [3.63, 3.8) is 0 Å². The molecule has 0 aliphatic rings. The maximum Gasteiger partial charge on any atom is 0.257 e. The summed E-state index contributed by atoms with van der Waals surface area (Å²) in [6.45, 7) is 4.84. The third kappa shape index (κ3) is 4.43. The van der Waals surface area contributed by atoms with Crippen LogP contribution in [0.25, 0.3) is 0 Å². The third-order valence-electron chi connectivity index (χ3n) is 4.75. The van der Waals surface area contributed by atoms with Gasteiger partial charge in [0, 0.05) is 23.8 Å². The highest BCUT2D eigenvalue weighted by Gasteiger charge is 2.24. The van der Waals surface area contributed by atoms with Crippen LogP contribution in [0.5, 0.6) is 0 Å². The number of aliphatic hydroxyl groups is 1.